The van der Waals surface area contributed by atoms with Crippen molar-refractivity contribution in [1.82, 2.24) is 4.98 Å². The summed E-state index contributed by atoms with van der Waals surface area (Å²) in [5.41, 5.74) is 6.90. The molecule has 5 nitrogen and oxygen atoms in total. The molecule has 122 valence electrons. The number of carbonyl (C=O) groups excluding carboxylic acids is 1. The number of nitrogens with one attached hydrogen (secondary N) is 1. The van der Waals surface area contributed by atoms with Gasteiger partial charge in [0.05, 0.1) is 11.1 Å². The molecule has 1 aliphatic heterocycles. The number of thiazole rings is 1. The second kappa shape index (κ2) is 6.97. The minimum absolute atomic E-state index is 0.0802. The van der Waals surface area contributed by atoms with E-state index in [-0.39, 0.29) is 5.91 Å². The molecule has 0 unspecified atom stereocenters. The first-order valence-electron chi connectivity index (χ1n) is 7.44. The molecule has 0 atom stereocenters. The fourth-order valence-corrected chi connectivity index (χ4v) is 3.58. The van der Waals surface area contributed by atoms with Gasteiger partial charge in [-0.15, -0.1) is 11.3 Å². The van der Waals surface area contributed by atoms with Crippen molar-refractivity contribution in [2.24, 2.45) is 11.1 Å². The van der Waals surface area contributed by atoms with E-state index in [0.29, 0.717) is 42.8 Å². The van der Waals surface area contributed by atoms with Crippen molar-refractivity contribution >= 4 is 34.0 Å². The lowest BCUT2D eigenvalue weighted by atomic mass is 9.79. The van der Waals surface area contributed by atoms with Gasteiger partial charge in [0.2, 0.25) is 5.91 Å². The highest BCUT2D eigenvalue weighted by molar-refractivity contribution is 7.14. The van der Waals surface area contributed by atoms with Gasteiger partial charge in [-0.25, -0.2) is 4.98 Å². The fourth-order valence-electron chi connectivity index (χ4n) is 2.64. The topological polar surface area (TPSA) is 77.2 Å². The maximum Gasteiger partial charge on any atom is 0.233 e. The summed E-state index contributed by atoms with van der Waals surface area (Å²) >= 11 is 7.57. The molecular weight excluding hydrogens is 334 g/mol. The largest absolute Gasteiger partial charge is 0.381 e. The van der Waals surface area contributed by atoms with Gasteiger partial charge in [0.15, 0.2) is 5.13 Å². The van der Waals surface area contributed by atoms with Crippen molar-refractivity contribution in [3.8, 4) is 11.3 Å². The average molecular weight is 352 g/mol. The summed E-state index contributed by atoms with van der Waals surface area (Å²) in [6.07, 6.45) is 1.27. The first kappa shape index (κ1) is 16.4. The Hall–Kier alpha value is -1.47. The van der Waals surface area contributed by atoms with Crippen molar-refractivity contribution in [3.05, 3.63) is 34.7 Å². The maximum atomic E-state index is 12.6. The zero-order valence-corrected chi connectivity index (χ0v) is 14.1. The summed E-state index contributed by atoms with van der Waals surface area (Å²) < 4.78 is 5.34. The molecule has 3 rings (SSSR count). The number of nitrogens with two attached hydrogens (primary N) is 1. The van der Waals surface area contributed by atoms with Gasteiger partial charge >= 0.3 is 0 Å². The van der Waals surface area contributed by atoms with E-state index in [2.05, 4.69) is 10.3 Å². The highest BCUT2D eigenvalue weighted by Gasteiger charge is 2.39. The molecule has 1 aliphatic rings. The lowest BCUT2D eigenvalue weighted by Crippen LogP contribution is -2.46. The van der Waals surface area contributed by atoms with Crippen LogP contribution in [0, 0.1) is 5.41 Å². The Morgan fingerprint density at radius 2 is 2.13 bits per heavy atom. The maximum absolute atomic E-state index is 12.6. The number of carbonyl (C=O) groups is 1. The highest BCUT2D eigenvalue weighted by atomic mass is 35.5. The van der Waals surface area contributed by atoms with Crippen molar-refractivity contribution in [2.45, 2.75) is 12.8 Å². The van der Waals surface area contributed by atoms with Crippen LogP contribution >= 0.6 is 22.9 Å². The monoisotopic (exact) mass is 351 g/mol. The van der Waals surface area contributed by atoms with E-state index >= 15 is 0 Å². The number of benzene rings is 1. The number of rotatable bonds is 4. The third-order valence-corrected chi connectivity index (χ3v) is 5.28. The van der Waals surface area contributed by atoms with Crippen LogP contribution in [0.3, 0.4) is 0 Å². The van der Waals surface area contributed by atoms with Crippen LogP contribution in [0.4, 0.5) is 5.13 Å². The van der Waals surface area contributed by atoms with Crippen molar-refractivity contribution in [3.63, 3.8) is 0 Å². The van der Waals surface area contributed by atoms with E-state index < -0.39 is 5.41 Å². The van der Waals surface area contributed by atoms with Crippen LogP contribution in [0.15, 0.2) is 29.6 Å². The summed E-state index contributed by atoms with van der Waals surface area (Å²) in [5, 5.41) is 5.98. The number of halogens is 1. The number of hydrogen-bond acceptors (Lipinski definition) is 5. The van der Waals surface area contributed by atoms with Gasteiger partial charge in [-0.2, -0.15) is 0 Å². The molecular formula is C16H18ClN3O2S. The van der Waals surface area contributed by atoms with E-state index in [4.69, 9.17) is 22.1 Å². The van der Waals surface area contributed by atoms with E-state index in [1.165, 1.54) is 11.3 Å². The van der Waals surface area contributed by atoms with E-state index in [0.717, 1.165) is 11.3 Å². The summed E-state index contributed by atoms with van der Waals surface area (Å²) in [5.74, 6) is -0.0802. The van der Waals surface area contributed by atoms with E-state index in [9.17, 15) is 4.79 Å². The minimum atomic E-state index is -0.561. The van der Waals surface area contributed by atoms with Gasteiger partial charge in [0.25, 0.3) is 0 Å². The van der Waals surface area contributed by atoms with Gasteiger partial charge in [0, 0.05) is 35.7 Å². The first-order valence-corrected chi connectivity index (χ1v) is 8.70. The Balaban J connectivity index is 1.76. The van der Waals surface area contributed by atoms with Crippen LogP contribution in [0.5, 0.6) is 0 Å². The van der Waals surface area contributed by atoms with Crippen molar-refractivity contribution < 1.29 is 9.53 Å². The number of aromatic nitrogens is 1. The Kier molecular flexibility index (Phi) is 4.96. The molecule has 1 amide bonds. The lowest BCUT2D eigenvalue weighted by Gasteiger charge is -2.34. The van der Waals surface area contributed by atoms with Crippen LogP contribution in [-0.4, -0.2) is 30.6 Å². The van der Waals surface area contributed by atoms with Gasteiger partial charge in [-0.05, 0) is 18.9 Å². The summed E-state index contributed by atoms with van der Waals surface area (Å²) in [4.78, 5) is 17.1. The minimum Gasteiger partial charge on any atom is -0.381 e. The third kappa shape index (κ3) is 3.40. The number of ether oxygens (including phenoxy) is 1. The smallest absolute Gasteiger partial charge is 0.233 e. The molecule has 2 heterocycles. The molecule has 7 heteroatoms. The zero-order chi connectivity index (χ0) is 16.3. The first-order chi connectivity index (χ1) is 11.1. The third-order valence-electron chi connectivity index (χ3n) is 4.20. The molecule has 1 aromatic heterocycles. The molecule has 23 heavy (non-hydrogen) atoms. The molecule has 1 aromatic carbocycles. The Morgan fingerprint density at radius 1 is 1.39 bits per heavy atom. The molecule has 0 radical (unpaired) electrons. The molecule has 0 aliphatic carbocycles. The molecule has 0 spiro atoms. The zero-order valence-electron chi connectivity index (χ0n) is 12.5. The van der Waals surface area contributed by atoms with E-state index in [1.54, 1.807) is 0 Å². The number of nitrogens with zero attached hydrogens (tertiary/aromatic N) is 1. The Bertz CT molecular complexity index is 698. The summed E-state index contributed by atoms with van der Waals surface area (Å²) in [6.45, 7) is 1.44. The fraction of sp³-hybridized carbons (Fsp3) is 0.375. The molecule has 2 aromatic rings. The SMILES string of the molecule is NCC1(C(=O)Nc2nc(-c3ccccc3Cl)cs2)CCOCC1. The molecule has 0 bridgehead atoms. The Morgan fingerprint density at radius 3 is 2.83 bits per heavy atom. The summed E-state index contributed by atoms with van der Waals surface area (Å²) in [6, 6.07) is 7.50. The van der Waals surface area contributed by atoms with Gasteiger partial charge < -0.3 is 15.8 Å². The molecule has 1 saturated heterocycles. The average Bonchev–Trinajstić information content (AvgIpc) is 3.04. The van der Waals surface area contributed by atoms with Crippen LogP contribution in [0.1, 0.15) is 12.8 Å². The highest BCUT2D eigenvalue weighted by Crippen LogP contribution is 2.33. The van der Waals surface area contributed by atoms with Crippen molar-refractivity contribution in [2.75, 3.05) is 25.1 Å². The lowest BCUT2D eigenvalue weighted by molar-refractivity contribution is -0.130. The number of amides is 1. The quantitative estimate of drug-likeness (QED) is 0.887. The number of hydrogen-bond donors (Lipinski definition) is 2. The van der Waals surface area contributed by atoms with Crippen molar-refractivity contribution in [1.29, 1.82) is 0 Å². The van der Waals surface area contributed by atoms with Gasteiger partial charge in [0.1, 0.15) is 0 Å². The van der Waals surface area contributed by atoms with Gasteiger partial charge in [-0.3, -0.25) is 4.79 Å². The predicted molar refractivity (Wildman–Crippen MR) is 92.7 cm³/mol. The second-order valence-electron chi connectivity index (χ2n) is 5.57. The summed E-state index contributed by atoms with van der Waals surface area (Å²) in [7, 11) is 0. The molecule has 3 N–H and O–H groups in total. The predicted octanol–water partition coefficient (Wildman–Crippen LogP) is 3.16. The normalized spacial score (nSPS) is 17.0. The number of anilines is 1. The van der Waals surface area contributed by atoms with Crippen LogP contribution in [-0.2, 0) is 9.53 Å². The molecule has 1 fully saturated rings. The van der Waals surface area contributed by atoms with E-state index in [1.807, 2.05) is 29.6 Å². The molecule has 0 saturated carbocycles. The Labute approximate surface area is 143 Å². The van der Waals surface area contributed by atoms with Crippen LogP contribution < -0.4 is 11.1 Å². The second-order valence-corrected chi connectivity index (χ2v) is 6.83. The standard InChI is InChI=1S/C16H18ClN3O2S/c17-12-4-2-1-3-11(12)13-9-23-15(19-13)20-14(21)16(10-18)5-7-22-8-6-16/h1-4,9H,5-8,10,18H2,(H,19,20,21). The van der Waals surface area contributed by atoms with Crippen LogP contribution in [0.25, 0.3) is 11.3 Å². The van der Waals surface area contributed by atoms with Gasteiger partial charge in [-0.1, -0.05) is 29.8 Å². The van der Waals surface area contributed by atoms with Crippen LogP contribution in [0.2, 0.25) is 5.02 Å².